The number of allylic oxidation sites excluding steroid dienone is 1. The fourth-order valence-corrected chi connectivity index (χ4v) is 4.95. The molecule has 0 N–H and O–H groups in total. The molecule has 0 aromatic heterocycles. The van der Waals surface area contributed by atoms with Gasteiger partial charge in [0.05, 0.1) is 0 Å². The van der Waals surface area contributed by atoms with E-state index in [0.29, 0.717) is 5.41 Å². The van der Waals surface area contributed by atoms with Crippen molar-refractivity contribution in [3.05, 3.63) is 53.6 Å². The summed E-state index contributed by atoms with van der Waals surface area (Å²) < 4.78 is 0. The van der Waals surface area contributed by atoms with Gasteiger partial charge in [-0.2, -0.15) is 0 Å². The highest BCUT2D eigenvalue weighted by Gasteiger charge is 2.51. The van der Waals surface area contributed by atoms with Crippen LogP contribution in [0.25, 0.3) is 6.08 Å². The molecule has 1 aromatic carbocycles. The van der Waals surface area contributed by atoms with Gasteiger partial charge in [0.1, 0.15) is 0 Å². The van der Waals surface area contributed by atoms with Gasteiger partial charge in [0.25, 0.3) is 0 Å². The van der Waals surface area contributed by atoms with E-state index in [-0.39, 0.29) is 0 Å². The summed E-state index contributed by atoms with van der Waals surface area (Å²) in [5.74, 6) is 1.81. The third kappa shape index (κ3) is 3.61. The van der Waals surface area contributed by atoms with Gasteiger partial charge in [-0.1, -0.05) is 68.0 Å². The number of benzene rings is 1. The van der Waals surface area contributed by atoms with E-state index in [2.05, 4.69) is 72.2 Å². The molecule has 2 nitrogen and oxygen atoms in total. The molecule has 134 valence electrons. The molecule has 5 rings (SSSR count). The highest BCUT2D eigenvalue weighted by atomic mass is 15.3. The van der Waals surface area contributed by atoms with Crippen molar-refractivity contribution >= 4 is 6.08 Å². The summed E-state index contributed by atoms with van der Waals surface area (Å²) >= 11 is 0. The monoisotopic (exact) mass is 336 g/mol. The van der Waals surface area contributed by atoms with Gasteiger partial charge in [-0.25, -0.2) is 0 Å². The minimum Gasteiger partial charge on any atom is -0.297 e. The van der Waals surface area contributed by atoms with E-state index in [1.165, 1.54) is 51.1 Å². The lowest BCUT2D eigenvalue weighted by atomic mass is 9.49. The van der Waals surface area contributed by atoms with Gasteiger partial charge in [-0.15, -0.1) is 0 Å². The van der Waals surface area contributed by atoms with Crippen LogP contribution in [0, 0.1) is 17.3 Å². The van der Waals surface area contributed by atoms with Gasteiger partial charge >= 0.3 is 0 Å². The van der Waals surface area contributed by atoms with E-state index in [1.54, 1.807) is 5.57 Å². The van der Waals surface area contributed by atoms with Gasteiger partial charge in [-0.05, 0) is 35.7 Å². The zero-order chi connectivity index (χ0) is 17.3. The van der Waals surface area contributed by atoms with Crippen LogP contribution in [-0.4, -0.2) is 49.1 Å². The van der Waals surface area contributed by atoms with Crippen LogP contribution in [0.4, 0.5) is 0 Å². The molecule has 1 aliphatic heterocycles. The zero-order valence-electron chi connectivity index (χ0n) is 15.8. The summed E-state index contributed by atoms with van der Waals surface area (Å²) in [6.45, 7) is 12.1. The summed E-state index contributed by atoms with van der Waals surface area (Å²) in [6, 6.07) is 10.6. The van der Waals surface area contributed by atoms with Crippen molar-refractivity contribution in [2.45, 2.75) is 26.7 Å². The fraction of sp³-hybridized carbons (Fsp3) is 0.565. The topological polar surface area (TPSA) is 6.48 Å². The maximum absolute atomic E-state index is 2.68. The standard InChI is InChI=1S/C23H32N2/c1-23(2)21-11-10-20(22(23)17-21)18-25-15-13-24(14-16-25)12-6-9-19-7-4-3-5-8-19/h3-10,21-22H,11-18H2,1-2H3/b9-6+/t21-,22+/m1/s1. The van der Waals surface area contributed by atoms with E-state index in [9.17, 15) is 0 Å². The van der Waals surface area contributed by atoms with Crippen LogP contribution in [0.15, 0.2) is 48.1 Å². The molecule has 1 heterocycles. The Morgan fingerprint density at radius 3 is 2.44 bits per heavy atom. The molecule has 0 amide bonds. The third-order valence-corrected chi connectivity index (χ3v) is 6.93. The minimum atomic E-state index is 0.564. The highest BCUT2D eigenvalue weighted by molar-refractivity contribution is 5.48. The number of piperazine rings is 1. The lowest BCUT2D eigenvalue weighted by molar-refractivity contribution is -0.0119. The predicted molar refractivity (Wildman–Crippen MR) is 106 cm³/mol. The van der Waals surface area contributed by atoms with Crippen molar-refractivity contribution in [2.24, 2.45) is 17.3 Å². The maximum atomic E-state index is 2.68. The van der Waals surface area contributed by atoms with Crippen LogP contribution in [0.3, 0.4) is 0 Å². The summed E-state index contributed by atoms with van der Waals surface area (Å²) in [6.07, 6.45) is 9.89. The molecule has 2 fully saturated rings. The molecule has 25 heavy (non-hydrogen) atoms. The predicted octanol–water partition coefficient (Wildman–Crippen LogP) is 4.31. The lowest BCUT2D eigenvalue weighted by Gasteiger charge is -2.57. The molecule has 0 spiro atoms. The van der Waals surface area contributed by atoms with Crippen LogP contribution < -0.4 is 0 Å². The largest absolute Gasteiger partial charge is 0.297 e. The Labute approximate surface area is 153 Å². The van der Waals surface area contributed by atoms with Crippen LogP contribution in [0.5, 0.6) is 0 Å². The van der Waals surface area contributed by atoms with E-state index >= 15 is 0 Å². The first-order valence-electron chi connectivity index (χ1n) is 9.98. The second kappa shape index (κ2) is 7.09. The van der Waals surface area contributed by atoms with E-state index in [1.807, 2.05) is 0 Å². The Bertz CT molecular complexity index is 635. The number of nitrogens with zero attached hydrogens (tertiary/aromatic N) is 2. The second-order valence-electron chi connectivity index (χ2n) is 8.71. The Morgan fingerprint density at radius 1 is 1.04 bits per heavy atom. The first kappa shape index (κ1) is 17.1. The molecule has 1 aromatic rings. The zero-order valence-corrected chi connectivity index (χ0v) is 15.8. The second-order valence-corrected chi connectivity index (χ2v) is 8.71. The van der Waals surface area contributed by atoms with Crippen molar-refractivity contribution in [3.8, 4) is 0 Å². The first-order valence-corrected chi connectivity index (χ1v) is 9.98. The minimum absolute atomic E-state index is 0.564. The molecule has 2 atom stereocenters. The normalized spacial score (nSPS) is 29.4. The van der Waals surface area contributed by atoms with Crippen molar-refractivity contribution < 1.29 is 0 Å². The third-order valence-electron chi connectivity index (χ3n) is 6.93. The molecule has 1 saturated carbocycles. The summed E-state index contributed by atoms with van der Waals surface area (Å²) in [7, 11) is 0. The Balaban J connectivity index is 1.22. The van der Waals surface area contributed by atoms with Gasteiger partial charge in [-0.3, -0.25) is 9.80 Å². The van der Waals surface area contributed by atoms with Crippen LogP contribution in [0.1, 0.15) is 32.3 Å². The Hall–Kier alpha value is -1.38. The summed E-state index contributed by atoms with van der Waals surface area (Å²) in [5.41, 5.74) is 3.60. The average Bonchev–Trinajstić information content (AvgIpc) is 2.64. The van der Waals surface area contributed by atoms with Crippen molar-refractivity contribution in [3.63, 3.8) is 0 Å². The van der Waals surface area contributed by atoms with Crippen LogP contribution in [0.2, 0.25) is 0 Å². The average molecular weight is 337 g/mol. The first-order chi connectivity index (χ1) is 12.1. The lowest BCUT2D eigenvalue weighted by Crippen LogP contribution is -2.52. The van der Waals surface area contributed by atoms with E-state index in [0.717, 1.165) is 18.4 Å². The van der Waals surface area contributed by atoms with E-state index < -0.39 is 0 Å². The Morgan fingerprint density at radius 2 is 1.76 bits per heavy atom. The molecule has 2 bridgehead atoms. The molecule has 3 aliphatic carbocycles. The summed E-state index contributed by atoms with van der Waals surface area (Å²) in [5, 5.41) is 0. The molecule has 0 unspecified atom stereocenters. The van der Waals surface area contributed by atoms with Gasteiger partial charge < -0.3 is 0 Å². The van der Waals surface area contributed by atoms with Gasteiger partial charge in [0.2, 0.25) is 0 Å². The molecule has 4 aliphatic rings. The van der Waals surface area contributed by atoms with Crippen molar-refractivity contribution in [1.82, 2.24) is 9.80 Å². The van der Waals surface area contributed by atoms with Crippen molar-refractivity contribution in [1.29, 1.82) is 0 Å². The smallest absolute Gasteiger partial charge is 0.0196 e. The molecule has 0 radical (unpaired) electrons. The number of hydrogen-bond donors (Lipinski definition) is 0. The quantitative estimate of drug-likeness (QED) is 0.739. The molecular formula is C23H32N2. The Kier molecular flexibility index (Phi) is 4.84. The van der Waals surface area contributed by atoms with E-state index in [4.69, 9.17) is 0 Å². The SMILES string of the molecule is CC1(C)[C@@H]2CC=C(CN3CCN(C/C=C/c4ccccc4)CC3)[C@@H]1C2. The van der Waals surface area contributed by atoms with Gasteiger partial charge in [0.15, 0.2) is 0 Å². The number of fused-ring (bicyclic) bond motifs is 1. The van der Waals surface area contributed by atoms with Crippen LogP contribution >= 0.6 is 0 Å². The number of hydrogen-bond acceptors (Lipinski definition) is 2. The highest BCUT2D eigenvalue weighted by Crippen LogP contribution is 2.59. The van der Waals surface area contributed by atoms with Crippen molar-refractivity contribution in [2.75, 3.05) is 39.3 Å². The fourth-order valence-electron chi connectivity index (χ4n) is 4.95. The molecule has 1 saturated heterocycles. The summed E-state index contributed by atoms with van der Waals surface area (Å²) in [4.78, 5) is 5.26. The maximum Gasteiger partial charge on any atom is 0.0196 e. The number of rotatable bonds is 5. The van der Waals surface area contributed by atoms with Gasteiger partial charge in [0, 0.05) is 39.3 Å². The molecule has 2 heteroatoms. The molecular weight excluding hydrogens is 304 g/mol. The van der Waals surface area contributed by atoms with Crippen LogP contribution in [-0.2, 0) is 0 Å².